The molecule has 1 atom stereocenters. The van der Waals surface area contributed by atoms with Gasteiger partial charge in [0, 0.05) is 24.5 Å². The first-order valence-corrected chi connectivity index (χ1v) is 7.95. The molecule has 0 aromatic carbocycles. The molecule has 0 saturated heterocycles. The van der Waals surface area contributed by atoms with Crippen molar-refractivity contribution in [2.24, 2.45) is 5.92 Å². The summed E-state index contributed by atoms with van der Waals surface area (Å²) in [6.45, 7) is 7.11. The van der Waals surface area contributed by atoms with Gasteiger partial charge in [0.2, 0.25) is 0 Å². The molecule has 0 radical (unpaired) electrons. The van der Waals surface area contributed by atoms with Gasteiger partial charge in [-0.3, -0.25) is 0 Å². The normalized spacial score (nSPS) is 16.8. The fourth-order valence-electron chi connectivity index (χ4n) is 1.97. The number of amides is 1. The van der Waals surface area contributed by atoms with Gasteiger partial charge < -0.3 is 15.4 Å². The smallest absolute Gasteiger partial charge is 0.407 e. The summed E-state index contributed by atoms with van der Waals surface area (Å²) in [6, 6.07) is 0.142. The van der Waals surface area contributed by atoms with E-state index >= 15 is 0 Å². The van der Waals surface area contributed by atoms with Crippen LogP contribution in [0, 0.1) is 5.92 Å². The Bertz CT molecular complexity index is 424. The van der Waals surface area contributed by atoms with Gasteiger partial charge in [-0.05, 0) is 39.5 Å². The molecule has 1 fully saturated rings. The second kappa shape index (κ2) is 6.54. The number of nitrogens with zero attached hydrogens (tertiary/aromatic N) is 1. The van der Waals surface area contributed by atoms with Crippen LogP contribution in [0.25, 0.3) is 0 Å². The van der Waals surface area contributed by atoms with E-state index in [2.05, 4.69) is 15.6 Å². The van der Waals surface area contributed by atoms with Gasteiger partial charge >= 0.3 is 6.09 Å². The number of hydrogen-bond donors (Lipinski definition) is 2. The Balaban J connectivity index is 1.74. The highest BCUT2D eigenvalue weighted by atomic mass is 32.1. The van der Waals surface area contributed by atoms with Crippen molar-refractivity contribution in [2.75, 3.05) is 6.54 Å². The number of rotatable bonds is 6. The Morgan fingerprint density at radius 3 is 2.85 bits per heavy atom. The number of thiazole rings is 1. The van der Waals surface area contributed by atoms with Crippen LogP contribution >= 0.6 is 11.3 Å². The van der Waals surface area contributed by atoms with E-state index in [1.807, 2.05) is 31.7 Å². The molecule has 2 rings (SSSR count). The first kappa shape index (κ1) is 15.3. The van der Waals surface area contributed by atoms with Crippen LogP contribution in [0.2, 0.25) is 0 Å². The summed E-state index contributed by atoms with van der Waals surface area (Å²) in [5.41, 5.74) is 2.42. The van der Waals surface area contributed by atoms with Gasteiger partial charge in [0.1, 0.15) is 5.60 Å². The molecule has 20 heavy (non-hydrogen) atoms. The summed E-state index contributed by atoms with van der Waals surface area (Å²) in [4.78, 5) is 16.0. The van der Waals surface area contributed by atoms with E-state index in [1.54, 1.807) is 11.3 Å². The molecule has 1 unspecified atom stereocenters. The molecular weight excluding hydrogens is 274 g/mol. The van der Waals surface area contributed by atoms with Gasteiger partial charge in [0.05, 0.1) is 11.2 Å². The number of alkyl carbamates (subject to hydrolysis) is 1. The summed E-state index contributed by atoms with van der Waals surface area (Å²) < 4.78 is 5.31. The van der Waals surface area contributed by atoms with Crippen LogP contribution in [-0.4, -0.2) is 29.3 Å². The van der Waals surface area contributed by atoms with Crippen molar-refractivity contribution in [1.82, 2.24) is 15.6 Å². The van der Waals surface area contributed by atoms with Gasteiger partial charge in [0.25, 0.3) is 0 Å². The maximum Gasteiger partial charge on any atom is 0.407 e. The molecule has 1 heterocycles. The lowest BCUT2D eigenvalue weighted by molar-refractivity contribution is 0.0497. The molecule has 0 spiro atoms. The van der Waals surface area contributed by atoms with Crippen LogP contribution in [0.5, 0.6) is 0 Å². The quantitative estimate of drug-likeness (QED) is 0.847. The first-order valence-electron chi connectivity index (χ1n) is 7.01. The van der Waals surface area contributed by atoms with Crippen LogP contribution < -0.4 is 10.6 Å². The molecular formula is C14H23N3O2S. The topological polar surface area (TPSA) is 63.2 Å². The Morgan fingerprint density at radius 1 is 1.55 bits per heavy atom. The molecule has 0 aliphatic heterocycles. The van der Waals surface area contributed by atoms with Crippen molar-refractivity contribution in [2.45, 2.75) is 51.8 Å². The van der Waals surface area contributed by atoms with Crippen LogP contribution in [0.1, 0.15) is 39.3 Å². The van der Waals surface area contributed by atoms with Gasteiger partial charge in [-0.15, -0.1) is 11.3 Å². The lowest BCUT2D eigenvalue weighted by Crippen LogP contribution is -2.45. The molecule has 2 N–H and O–H groups in total. The zero-order chi connectivity index (χ0) is 14.6. The summed E-state index contributed by atoms with van der Waals surface area (Å²) in [7, 11) is 0. The number of hydrogen-bond acceptors (Lipinski definition) is 5. The van der Waals surface area contributed by atoms with Crippen molar-refractivity contribution < 1.29 is 9.53 Å². The Labute approximate surface area is 124 Å². The van der Waals surface area contributed by atoms with E-state index in [-0.39, 0.29) is 12.1 Å². The van der Waals surface area contributed by atoms with Crippen molar-refractivity contribution >= 4 is 17.4 Å². The Hall–Kier alpha value is -1.14. The van der Waals surface area contributed by atoms with Crippen molar-refractivity contribution in [3.63, 3.8) is 0 Å². The molecule has 1 aromatic heterocycles. The maximum atomic E-state index is 11.8. The van der Waals surface area contributed by atoms with E-state index in [0.29, 0.717) is 5.92 Å². The highest BCUT2D eigenvalue weighted by molar-refractivity contribution is 7.07. The number of carbonyl (C=O) groups is 1. The lowest BCUT2D eigenvalue weighted by atomic mass is 10.2. The zero-order valence-corrected chi connectivity index (χ0v) is 13.1. The molecule has 1 aliphatic rings. The van der Waals surface area contributed by atoms with E-state index in [4.69, 9.17) is 4.74 Å². The van der Waals surface area contributed by atoms with E-state index in [1.165, 1.54) is 12.8 Å². The monoisotopic (exact) mass is 297 g/mol. The lowest BCUT2D eigenvalue weighted by Gasteiger charge is -2.23. The SMILES string of the molecule is CC(C)(C)OC(=O)NC(CNCc1cscn1)C1CC1. The third-order valence-corrected chi connectivity index (χ3v) is 3.68. The average Bonchev–Trinajstić information content (AvgIpc) is 3.04. The predicted molar refractivity (Wildman–Crippen MR) is 79.7 cm³/mol. The molecule has 1 aliphatic carbocycles. The molecule has 0 bridgehead atoms. The van der Waals surface area contributed by atoms with Crippen LogP contribution in [0.15, 0.2) is 10.9 Å². The molecule has 6 heteroatoms. The van der Waals surface area contributed by atoms with Crippen molar-refractivity contribution in [1.29, 1.82) is 0 Å². The molecule has 1 saturated carbocycles. The van der Waals surface area contributed by atoms with Crippen LogP contribution in [0.3, 0.4) is 0 Å². The second-order valence-electron chi connectivity index (χ2n) is 6.20. The van der Waals surface area contributed by atoms with Crippen LogP contribution in [-0.2, 0) is 11.3 Å². The number of aromatic nitrogens is 1. The first-order chi connectivity index (χ1) is 9.44. The summed E-state index contributed by atoms with van der Waals surface area (Å²) in [5.74, 6) is 0.574. The van der Waals surface area contributed by atoms with E-state index in [0.717, 1.165) is 18.8 Å². The van der Waals surface area contributed by atoms with Crippen molar-refractivity contribution in [3.05, 3.63) is 16.6 Å². The number of carbonyl (C=O) groups excluding carboxylic acids is 1. The Morgan fingerprint density at radius 2 is 2.30 bits per heavy atom. The second-order valence-corrected chi connectivity index (χ2v) is 6.92. The maximum absolute atomic E-state index is 11.8. The average molecular weight is 297 g/mol. The van der Waals surface area contributed by atoms with E-state index < -0.39 is 5.60 Å². The van der Waals surface area contributed by atoms with E-state index in [9.17, 15) is 4.79 Å². The van der Waals surface area contributed by atoms with Crippen molar-refractivity contribution in [3.8, 4) is 0 Å². The number of nitrogens with one attached hydrogen (secondary N) is 2. The molecule has 1 aromatic rings. The summed E-state index contributed by atoms with van der Waals surface area (Å²) in [5, 5.41) is 8.35. The number of ether oxygens (including phenoxy) is 1. The minimum atomic E-state index is -0.452. The minimum Gasteiger partial charge on any atom is -0.444 e. The summed E-state index contributed by atoms with van der Waals surface area (Å²) >= 11 is 1.59. The fourth-order valence-corrected chi connectivity index (χ4v) is 2.53. The zero-order valence-electron chi connectivity index (χ0n) is 12.3. The van der Waals surface area contributed by atoms with Gasteiger partial charge in [-0.25, -0.2) is 9.78 Å². The minimum absolute atomic E-state index is 0.142. The van der Waals surface area contributed by atoms with Gasteiger partial charge in [0.15, 0.2) is 0 Å². The third-order valence-electron chi connectivity index (χ3n) is 3.05. The molecule has 1 amide bonds. The summed E-state index contributed by atoms with van der Waals surface area (Å²) in [6.07, 6.45) is 2.03. The third kappa shape index (κ3) is 5.46. The van der Waals surface area contributed by atoms with Gasteiger partial charge in [-0.1, -0.05) is 0 Å². The molecule has 5 nitrogen and oxygen atoms in total. The van der Waals surface area contributed by atoms with Gasteiger partial charge in [-0.2, -0.15) is 0 Å². The molecule has 112 valence electrons. The highest BCUT2D eigenvalue weighted by Crippen LogP contribution is 2.32. The van der Waals surface area contributed by atoms with Crippen LogP contribution in [0.4, 0.5) is 4.79 Å². The predicted octanol–water partition coefficient (Wildman–Crippen LogP) is 2.54. The fraction of sp³-hybridized carbons (Fsp3) is 0.714. The largest absolute Gasteiger partial charge is 0.444 e. The Kier molecular flexibility index (Phi) is 4.99. The standard InChI is InChI=1S/C14H23N3O2S/c1-14(2,3)19-13(18)17-12(10-4-5-10)7-15-6-11-8-20-9-16-11/h8-10,12,15H,4-7H2,1-3H3,(H,17,18). The highest BCUT2D eigenvalue weighted by Gasteiger charge is 2.33.